The van der Waals surface area contributed by atoms with E-state index in [-0.39, 0.29) is 5.91 Å². The van der Waals surface area contributed by atoms with Crippen LogP contribution < -0.4 is 14.8 Å². The Bertz CT molecular complexity index is 769. The number of nitrogens with one attached hydrogen (secondary N) is 1. The molecule has 0 radical (unpaired) electrons. The SMILES string of the molecule is CCC(CNC(=O)c1cc(OC)cc(OC)c1)N1CCc2ccccc2C1. The van der Waals surface area contributed by atoms with Gasteiger partial charge in [-0.25, -0.2) is 0 Å². The molecule has 0 bridgehead atoms. The molecule has 1 aliphatic heterocycles. The summed E-state index contributed by atoms with van der Waals surface area (Å²) in [5, 5.41) is 3.08. The van der Waals surface area contributed by atoms with Crippen molar-refractivity contribution >= 4 is 5.91 Å². The number of carbonyl (C=O) groups is 1. The van der Waals surface area contributed by atoms with Crippen LogP contribution in [0.2, 0.25) is 0 Å². The van der Waals surface area contributed by atoms with Crippen LogP contribution in [-0.2, 0) is 13.0 Å². The number of fused-ring (bicyclic) bond motifs is 1. The van der Waals surface area contributed by atoms with Crippen molar-refractivity contribution in [2.45, 2.75) is 32.4 Å². The maximum Gasteiger partial charge on any atom is 0.251 e. The molecule has 5 heteroatoms. The third-order valence-electron chi connectivity index (χ3n) is 5.26. The van der Waals surface area contributed by atoms with Gasteiger partial charge in [0.2, 0.25) is 0 Å². The third-order valence-corrected chi connectivity index (χ3v) is 5.26. The number of amides is 1. The zero-order valence-corrected chi connectivity index (χ0v) is 16.3. The molecule has 1 amide bonds. The first-order valence-corrected chi connectivity index (χ1v) is 9.46. The van der Waals surface area contributed by atoms with E-state index in [1.54, 1.807) is 32.4 Å². The Balaban J connectivity index is 1.64. The molecule has 2 aromatic carbocycles. The van der Waals surface area contributed by atoms with Crippen molar-refractivity contribution in [1.82, 2.24) is 10.2 Å². The highest BCUT2D eigenvalue weighted by molar-refractivity contribution is 5.95. The maximum absolute atomic E-state index is 12.6. The molecule has 0 aliphatic carbocycles. The monoisotopic (exact) mass is 368 g/mol. The average molecular weight is 368 g/mol. The Morgan fingerprint density at radius 3 is 2.41 bits per heavy atom. The lowest BCUT2D eigenvalue weighted by atomic mass is 9.98. The van der Waals surface area contributed by atoms with Gasteiger partial charge >= 0.3 is 0 Å². The van der Waals surface area contributed by atoms with Crippen molar-refractivity contribution < 1.29 is 14.3 Å². The molecule has 1 N–H and O–H groups in total. The van der Waals surface area contributed by atoms with E-state index in [1.165, 1.54) is 11.1 Å². The van der Waals surface area contributed by atoms with E-state index in [2.05, 4.69) is 41.4 Å². The summed E-state index contributed by atoms with van der Waals surface area (Å²) >= 11 is 0. The molecule has 1 unspecified atom stereocenters. The van der Waals surface area contributed by atoms with Gasteiger partial charge in [0, 0.05) is 37.3 Å². The third kappa shape index (κ3) is 4.61. The second-order valence-corrected chi connectivity index (χ2v) is 6.86. The van der Waals surface area contributed by atoms with Gasteiger partial charge in [-0.2, -0.15) is 0 Å². The van der Waals surface area contributed by atoms with E-state index in [1.807, 2.05) is 0 Å². The summed E-state index contributed by atoms with van der Waals surface area (Å²) in [6.07, 6.45) is 2.05. The molecule has 0 aromatic heterocycles. The van der Waals surface area contributed by atoms with Crippen LogP contribution in [0.25, 0.3) is 0 Å². The van der Waals surface area contributed by atoms with Gasteiger partial charge in [-0.05, 0) is 36.1 Å². The molecule has 0 spiro atoms. The van der Waals surface area contributed by atoms with Gasteiger partial charge in [-0.15, -0.1) is 0 Å². The Kier molecular flexibility index (Phi) is 6.35. The fraction of sp³-hybridized carbons (Fsp3) is 0.409. The fourth-order valence-electron chi connectivity index (χ4n) is 3.61. The van der Waals surface area contributed by atoms with Crippen molar-refractivity contribution in [2.24, 2.45) is 0 Å². The Morgan fingerprint density at radius 2 is 1.78 bits per heavy atom. The topological polar surface area (TPSA) is 50.8 Å². The molecule has 0 fully saturated rings. The molecule has 1 atom stereocenters. The highest BCUT2D eigenvalue weighted by Crippen LogP contribution is 2.23. The van der Waals surface area contributed by atoms with Gasteiger partial charge in [0.15, 0.2) is 0 Å². The van der Waals surface area contributed by atoms with Crippen LogP contribution in [0, 0.1) is 0 Å². The second kappa shape index (κ2) is 8.91. The summed E-state index contributed by atoms with van der Waals surface area (Å²) in [5.41, 5.74) is 3.38. The largest absolute Gasteiger partial charge is 0.497 e. The van der Waals surface area contributed by atoms with Crippen molar-refractivity contribution in [1.29, 1.82) is 0 Å². The van der Waals surface area contributed by atoms with Gasteiger partial charge in [0.05, 0.1) is 14.2 Å². The van der Waals surface area contributed by atoms with Crippen LogP contribution >= 0.6 is 0 Å². The summed E-state index contributed by atoms with van der Waals surface area (Å²) in [5.74, 6) is 1.11. The van der Waals surface area contributed by atoms with Crippen molar-refractivity contribution in [3.63, 3.8) is 0 Å². The van der Waals surface area contributed by atoms with E-state index in [9.17, 15) is 4.79 Å². The quantitative estimate of drug-likeness (QED) is 0.815. The van der Waals surface area contributed by atoms with Crippen LogP contribution in [0.3, 0.4) is 0 Å². The first-order valence-electron chi connectivity index (χ1n) is 9.46. The number of methoxy groups -OCH3 is 2. The molecular weight excluding hydrogens is 340 g/mol. The van der Waals surface area contributed by atoms with E-state index >= 15 is 0 Å². The summed E-state index contributed by atoms with van der Waals surface area (Å²) in [4.78, 5) is 15.1. The maximum atomic E-state index is 12.6. The van der Waals surface area contributed by atoms with Crippen LogP contribution in [0.5, 0.6) is 11.5 Å². The first-order chi connectivity index (χ1) is 13.1. The highest BCUT2D eigenvalue weighted by Gasteiger charge is 2.23. The fourth-order valence-corrected chi connectivity index (χ4v) is 3.61. The number of carbonyl (C=O) groups excluding carboxylic acids is 1. The number of rotatable bonds is 7. The predicted octanol–water partition coefficient (Wildman–Crippen LogP) is 3.27. The summed E-state index contributed by atoms with van der Waals surface area (Å²) in [7, 11) is 3.16. The number of ether oxygens (including phenoxy) is 2. The molecule has 144 valence electrons. The molecule has 1 aliphatic rings. The molecular formula is C22H28N2O3. The van der Waals surface area contributed by atoms with Gasteiger partial charge in [-0.1, -0.05) is 31.2 Å². The number of benzene rings is 2. The zero-order valence-electron chi connectivity index (χ0n) is 16.3. The smallest absolute Gasteiger partial charge is 0.251 e. The lowest BCUT2D eigenvalue weighted by molar-refractivity contribution is 0.0925. The minimum atomic E-state index is -0.108. The first kappa shape index (κ1) is 19.2. The molecule has 2 aromatic rings. The molecule has 0 saturated carbocycles. The van der Waals surface area contributed by atoms with Crippen LogP contribution in [-0.4, -0.2) is 44.2 Å². The van der Waals surface area contributed by atoms with E-state index < -0.39 is 0 Å². The van der Waals surface area contributed by atoms with E-state index in [0.29, 0.717) is 29.6 Å². The molecule has 3 rings (SSSR count). The molecule has 1 heterocycles. The Hall–Kier alpha value is -2.53. The van der Waals surface area contributed by atoms with E-state index in [0.717, 1.165) is 25.9 Å². The summed E-state index contributed by atoms with van der Waals surface area (Å²) in [6.45, 7) is 4.76. The van der Waals surface area contributed by atoms with Gasteiger partial charge in [-0.3, -0.25) is 9.69 Å². The minimum absolute atomic E-state index is 0.108. The molecule has 5 nitrogen and oxygen atoms in total. The normalized spacial score (nSPS) is 14.9. The summed E-state index contributed by atoms with van der Waals surface area (Å²) < 4.78 is 10.5. The van der Waals surface area contributed by atoms with Gasteiger partial charge in [0.25, 0.3) is 5.91 Å². The van der Waals surface area contributed by atoms with E-state index in [4.69, 9.17) is 9.47 Å². The zero-order chi connectivity index (χ0) is 19.2. The van der Waals surface area contributed by atoms with Crippen molar-refractivity contribution in [3.8, 4) is 11.5 Å². The Morgan fingerprint density at radius 1 is 1.11 bits per heavy atom. The lowest BCUT2D eigenvalue weighted by Crippen LogP contribution is -2.45. The Labute approximate surface area is 161 Å². The van der Waals surface area contributed by atoms with Gasteiger partial charge in [0.1, 0.15) is 11.5 Å². The number of nitrogens with zero attached hydrogens (tertiary/aromatic N) is 1. The van der Waals surface area contributed by atoms with Crippen molar-refractivity contribution in [2.75, 3.05) is 27.3 Å². The predicted molar refractivity (Wildman–Crippen MR) is 107 cm³/mol. The number of hydrogen-bond donors (Lipinski definition) is 1. The van der Waals surface area contributed by atoms with Crippen LogP contribution in [0.1, 0.15) is 34.8 Å². The van der Waals surface area contributed by atoms with Crippen LogP contribution in [0.4, 0.5) is 0 Å². The second-order valence-electron chi connectivity index (χ2n) is 6.86. The molecule has 27 heavy (non-hydrogen) atoms. The van der Waals surface area contributed by atoms with Crippen LogP contribution in [0.15, 0.2) is 42.5 Å². The summed E-state index contributed by atoms with van der Waals surface area (Å²) in [6, 6.07) is 14.2. The average Bonchev–Trinajstić information content (AvgIpc) is 2.73. The lowest BCUT2D eigenvalue weighted by Gasteiger charge is -2.35. The number of hydrogen-bond acceptors (Lipinski definition) is 4. The van der Waals surface area contributed by atoms with Crippen molar-refractivity contribution in [3.05, 3.63) is 59.2 Å². The standard InChI is InChI=1S/C22H28N2O3/c1-4-19(24-10-9-16-7-5-6-8-17(16)15-24)14-23-22(25)18-11-20(26-2)13-21(12-18)27-3/h5-8,11-13,19H,4,9-10,14-15H2,1-3H3,(H,23,25). The highest BCUT2D eigenvalue weighted by atomic mass is 16.5. The molecule has 0 saturated heterocycles. The minimum Gasteiger partial charge on any atom is -0.497 e. The van der Waals surface area contributed by atoms with Gasteiger partial charge < -0.3 is 14.8 Å².